The molecule has 0 spiro atoms. The first kappa shape index (κ1) is 13.5. The first-order valence-electron chi connectivity index (χ1n) is 4.50. The van der Waals surface area contributed by atoms with Gasteiger partial charge in [-0.25, -0.2) is 4.39 Å². The molecule has 1 aromatic rings. The van der Waals surface area contributed by atoms with Crippen molar-refractivity contribution >= 4 is 33.7 Å². The van der Waals surface area contributed by atoms with Gasteiger partial charge in [-0.15, -0.1) is 0 Å². The third-order valence-electron chi connectivity index (χ3n) is 1.89. The van der Waals surface area contributed by atoms with E-state index in [4.69, 9.17) is 10.8 Å². The molecule has 0 saturated carbocycles. The lowest BCUT2D eigenvalue weighted by molar-refractivity contribution is -0.137. The van der Waals surface area contributed by atoms with E-state index in [9.17, 15) is 9.18 Å². The smallest absolute Gasteiger partial charge is 0.321 e. The third-order valence-corrected chi connectivity index (χ3v) is 3.49. The van der Waals surface area contributed by atoms with Gasteiger partial charge in [-0.3, -0.25) is 4.79 Å². The molecule has 1 aromatic carbocycles. The summed E-state index contributed by atoms with van der Waals surface area (Å²) in [5.41, 5.74) is 5.87. The van der Waals surface area contributed by atoms with Crippen LogP contribution in [0.15, 0.2) is 22.7 Å². The number of rotatable bonds is 5. The first-order valence-corrected chi connectivity index (χ1v) is 6.45. The van der Waals surface area contributed by atoms with Crippen molar-refractivity contribution < 1.29 is 14.3 Å². The van der Waals surface area contributed by atoms with Crippen LogP contribution in [0.2, 0.25) is 0 Å². The van der Waals surface area contributed by atoms with Crippen molar-refractivity contribution in [3.05, 3.63) is 34.1 Å². The van der Waals surface area contributed by atoms with Gasteiger partial charge in [0.25, 0.3) is 0 Å². The minimum absolute atomic E-state index is 0.269. The highest BCUT2D eigenvalue weighted by Crippen LogP contribution is 2.19. The number of hydrogen-bond donors (Lipinski definition) is 2. The van der Waals surface area contributed by atoms with Crippen LogP contribution in [0, 0.1) is 5.82 Å². The number of thioether (sulfide) groups is 1. The molecule has 16 heavy (non-hydrogen) atoms. The van der Waals surface area contributed by atoms with Crippen LogP contribution in [-0.2, 0) is 10.5 Å². The Morgan fingerprint density at radius 2 is 2.31 bits per heavy atom. The summed E-state index contributed by atoms with van der Waals surface area (Å²) < 4.78 is 14.0. The van der Waals surface area contributed by atoms with Crippen LogP contribution in [0.4, 0.5) is 4.39 Å². The van der Waals surface area contributed by atoms with Crippen molar-refractivity contribution in [3.63, 3.8) is 0 Å². The molecular weight excluding hydrogens is 297 g/mol. The van der Waals surface area contributed by atoms with Crippen molar-refractivity contribution in [2.24, 2.45) is 5.73 Å². The van der Waals surface area contributed by atoms with Gasteiger partial charge < -0.3 is 10.8 Å². The molecule has 6 heteroatoms. The van der Waals surface area contributed by atoms with Crippen LogP contribution >= 0.6 is 27.7 Å². The lowest BCUT2D eigenvalue weighted by Gasteiger charge is -2.06. The van der Waals surface area contributed by atoms with Crippen molar-refractivity contribution in [3.8, 4) is 0 Å². The zero-order valence-corrected chi connectivity index (χ0v) is 10.7. The minimum atomic E-state index is -1.04. The van der Waals surface area contributed by atoms with E-state index < -0.39 is 12.0 Å². The zero-order valence-electron chi connectivity index (χ0n) is 8.32. The largest absolute Gasteiger partial charge is 0.480 e. The van der Waals surface area contributed by atoms with Gasteiger partial charge in [-0.2, -0.15) is 11.8 Å². The fourth-order valence-corrected chi connectivity index (χ4v) is 2.31. The summed E-state index contributed by atoms with van der Waals surface area (Å²) in [5, 5.41) is 8.55. The van der Waals surface area contributed by atoms with Gasteiger partial charge in [-0.05, 0) is 17.7 Å². The Hall–Kier alpha value is -0.590. The molecule has 0 bridgehead atoms. The molecule has 0 radical (unpaired) electrons. The summed E-state index contributed by atoms with van der Waals surface area (Å²) in [7, 11) is 0. The molecule has 3 N–H and O–H groups in total. The van der Waals surface area contributed by atoms with Crippen molar-refractivity contribution in [1.29, 1.82) is 0 Å². The molecule has 0 aliphatic carbocycles. The van der Waals surface area contributed by atoms with Crippen molar-refractivity contribution in [1.82, 2.24) is 0 Å². The lowest BCUT2D eigenvalue weighted by atomic mass is 10.2. The highest BCUT2D eigenvalue weighted by molar-refractivity contribution is 9.10. The number of halogens is 2. The normalized spacial score (nSPS) is 12.4. The summed E-state index contributed by atoms with van der Waals surface area (Å²) in [6, 6.07) is 3.89. The SMILES string of the molecule is N[C@@H](CSCc1ccc(Br)cc1F)C(=O)O. The zero-order chi connectivity index (χ0) is 12.1. The van der Waals surface area contributed by atoms with Gasteiger partial charge in [0.15, 0.2) is 0 Å². The Bertz CT molecular complexity index is 389. The molecule has 0 unspecified atom stereocenters. The molecule has 3 nitrogen and oxygen atoms in total. The van der Waals surface area contributed by atoms with E-state index in [-0.39, 0.29) is 11.6 Å². The monoisotopic (exact) mass is 307 g/mol. The number of nitrogens with two attached hydrogens (primary N) is 1. The van der Waals surface area contributed by atoms with E-state index in [0.717, 1.165) is 0 Å². The van der Waals surface area contributed by atoms with Crippen LogP contribution in [0.25, 0.3) is 0 Å². The maximum Gasteiger partial charge on any atom is 0.321 e. The molecule has 0 heterocycles. The summed E-state index contributed by atoms with van der Waals surface area (Å²) in [6.07, 6.45) is 0. The van der Waals surface area contributed by atoms with E-state index in [0.29, 0.717) is 15.8 Å². The second kappa shape index (κ2) is 6.22. The van der Waals surface area contributed by atoms with Crippen LogP contribution in [0.3, 0.4) is 0 Å². The predicted molar refractivity (Wildman–Crippen MR) is 65.9 cm³/mol. The highest BCUT2D eigenvalue weighted by atomic mass is 79.9. The van der Waals surface area contributed by atoms with E-state index >= 15 is 0 Å². The summed E-state index contributed by atoms with van der Waals surface area (Å²) in [4.78, 5) is 10.4. The van der Waals surface area contributed by atoms with Gasteiger partial charge in [0.2, 0.25) is 0 Å². The second-order valence-electron chi connectivity index (χ2n) is 3.20. The van der Waals surface area contributed by atoms with Crippen molar-refractivity contribution in [2.75, 3.05) is 5.75 Å². The van der Waals surface area contributed by atoms with E-state index in [1.165, 1.54) is 17.8 Å². The van der Waals surface area contributed by atoms with Gasteiger partial charge in [0.05, 0.1) is 0 Å². The maximum absolute atomic E-state index is 13.3. The molecule has 0 fully saturated rings. The Balaban J connectivity index is 2.46. The fraction of sp³-hybridized carbons (Fsp3) is 0.300. The highest BCUT2D eigenvalue weighted by Gasteiger charge is 2.11. The number of hydrogen-bond acceptors (Lipinski definition) is 3. The minimum Gasteiger partial charge on any atom is -0.480 e. The van der Waals surface area contributed by atoms with Crippen LogP contribution in [-0.4, -0.2) is 22.9 Å². The average molecular weight is 308 g/mol. The first-order chi connectivity index (χ1) is 7.50. The van der Waals surface area contributed by atoms with Crippen LogP contribution in [0.1, 0.15) is 5.56 Å². The standard InChI is InChI=1S/C10H11BrFNO2S/c11-7-2-1-6(8(12)3-7)4-16-5-9(13)10(14)15/h1-3,9H,4-5,13H2,(H,14,15)/t9-/m0/s1. The fourth-order valence-electron chi connectivity index (χ4n) is 1.01. The van der Waals surface area contributed by atoms with E-state index in [2.05, 4.69) is 15.9 Å². The number of carboxylic acid groups (broad SMARTS) is 1. The second-order valence-corrected chi connectivity index (χ2v) is 5.14. The summed E-state index contributed by atoms with van der Waals surface area (Å²) >= 11 is 4.46. The molecular formula is C10H11BrFNO2S. The Morgan fingerprint density at radius 3 is 2.88 bits per heavy atom. The van der Waals surface area contributed by atoms with Gasteiger partial charge >= 0.3 is 5.97 Å². The predicted octanol–water partition coefficient (Wildman–Crippen LogP) is 2.23. The molecule has 0 aliphatic rings. The van der Waals surface area contributed by atoms with Crippen molar-refractivity contribution in [2.45, 2.75) is 11.8 Å². The molecule has 0 amide bonds. The Morgan fingerprint density at radius 1 is 1.62 bits per heavy atom. The molecule has 0 aromatic heterocycles. The number of carboxylic acids is 1. The van der Waals surface area contributed by atoms with Gasteiger partial charge in [0.1, 0.15) is 11.9 Å². The molecule has 88 valence electrons. The topological polar surface area (TPSA) is 63.3 Å². The summed E-state index contributed by atoms with van der Waals surface area (Å²) in [6.45, 7) is 0. The third kappa shape index (κ3) is 4.11. The molecule has 0 aliphatic heterocycles. The maximum atomic E-state index is 13.3. The van der Waals surface area contributed by atoms with Gasteiger partial charge in [0, 0.05) is 16.0 Å². The summed E-state index contributed by atoms with van der Waals surface area (Å²) in [5.74, 6) is -0.653. The Labute approximate surface area is 105 Å². The molecule has 1 rings (SSSR count). The average Bonchev–Trinajstić information content (AvgIpc) is 2.20. The molecule has 0 saturated heterocycles. The van der Waals surface area contributed by atoms with E-state index in [1.54, 1.807) is 12.1 Å². The van der Waals surface area contributed by atoms with E-state index in [1.807, 2.05) is 0 Å². The number of benzene rings is 1. The lowest BCUT2D eigenvalue weighted by Crippen LogP contribution is -2.32. The number of carbonyl (C=O) groups is 1. The quantitative estimate of drug-likeness (QED) is 0.875. The van der Waals surface area contributed by atoms with Crippen LogP contribution in [0.5, 0.6) is 0 Å². The molecule has 1 atom stereocenters. The Kier molecular flexibility index (Phi) is 5.24. The number of aliphatic carboxylic acids is 1. The van der Waals surface area contributed by atoms with Gasteiger partial charge in [-0.1, -0.05) is 22.0 Å². The van der Waals surface area contributed by atoms with Crippen LogP contribution < -0.4 is 5.73 Å².